The van der Waals surface area contributed by atoms with Crippen molar-refractivity contribution < 1.29 is 24.5 Å². The number of amides is 1. The molecule has 0 radical (unpaired) electrons. The summed E-state index contributed by atoms with van der Waals surface area (Å²) in [5, 5.41) is 23.9. The zero-order chi connectivity index (χ0) is 47.4. The third kappa shape index (κ3) is 48.1. The quantitative estimate of drug-likeness (QED) is 0.0321. The molecule has 3 atom stereocenters. The van der Waals surface area contributed by atoms with Crippen molar-refractivity contribution in [2.24, 2.45) is 0 Å². The minimum atomic E-state index is -0.798. The number of hydrogen-bond acceptors (Lipinski definition) is 5. The number of hydrogen-bond donors (Lipinski definition) is 3. The Labute approximate surface area is 404 Å². The molecule has 0 fully saturated rings. The van der Waals surface area contributed by atoms with Gasteiger partial charge in [-0.25, -0.2) is 0 Å². The number of carbonyl (C=O) groups is 2. The lowest BCUT2D eigenvalue weighted by Crippen LogP contribution is -2.46. The Morgan fingerprint density at radius 3 is 1.26 bits per heavy atom. The van der Waals surface area contributed by atoms with Crippen LogP contribution in [-0.2, 0) is 14.3 Å². The summed E-state index contributed by atoms with van der Waals surface area (Å²) < 4.78 is 5.94. The number of aliphatic hydroxyl groups is 2. The Hall–Kier alpha value is -2.18. The topological polar surface area (TPSA) is 95.9 Å². The Kier molecular flexibility index (Phi) is 51.0. The number of esters is 1. The summed E-state index contributed by atoms with van der Waals surface area (Å²) in [5.74, 6) is -0.500. The van der Waals surface area contributed by atoms with Gasteiger partial charge in [-0.3, -0.25) is 9.59 Å². The summed E-state index contributed by atoms with van der Waals surface area (Å²) in [7, 11) is 0. The Balaban J connectivity index is 4.53. The lowest BCUT2D eigenvalue weighted by Gasteiger charge is -2.24. The lowest BCUT2D eigenvalue weighted by molar-refractivity contribution is -0.151. The SMILES string of the molecule is CC/C=C/C=C/C=C/C=C\CCCCCC(CC(=O)NC(CO)C(O)CCCCCCCCCCCCCCCCCC)OC(=O)CCCCCCCCCCCCCCCCCCC. The van der Waals surface area contributed by atoms with Crippen LogP contribution in [0.2, 0.25) is 0 Å². The second kappa shape index (κ2) is 52.8. The van der Waals surface area contributed by atoms with Gasteiger partial charge >= 0.3 is 5.97 Å². The summed E-state index contributed by atoms with van der Waals surface area (Å²) in [6.07, 6.45) is 64.7. The summed E-state index contributed by atoms with van der Waals surface area (Å²) in [4.78, 5) is 26.2. The van der Waals surface area contributed by atoms with E-state index in [2.05, 4.69) is 50.4 Å². The average Bonchev–Trinajstić information content (AvgIpc) is 3.30. The van der Waals surface area contributed by atoms with E-state index < -0.39 is 18.2 Å². The predicted octanol–water partition coefficient (Wildman–Crippen LogP) is 17.4. The molecule has 3 N–H and O–H groups in total. The summed E-state index contributed by atoms with van der Waals surface area (Å²) in [6.45, 7) is 6.37. The highest BCUT2D eigenvalue weighted by Crippen LogP contribution is 2.18. The first-order chi connectivity index (χ1) is 32.0. The van der Waals surface area contributed by atoms with Gasteiger partial charge in [-0.15, -0.1) is 0 Å². The molecule has 3 unspecified atom stereocenters. The van der Waals surface area contributed by atoms with E-state index in [0.717, 1.165) is 70.6 Å². The number of unbranched alkanes of at least 4 members (excludes halogenated alkanes) is 34. The van der Waals surface area contributed by atoms with Crippen molar-refractivity contribution >= 4 is 11.9 Å². The van der Waals surface area contributed by atoms with Crippen LogP contribution in [0.5, 0.6) is 0 Å². The van der Waals surface area contributed by atoms with Gasteiger partial charge in [0.1, 0.15) is 6.10 Å². The summed E-state index contributed by atoms with van der Waals surface area (Å²) >= 11 is 0. The highest BCUT2D eigenvalue weighted by molar-refractivity contribution is 5.77. The van der Waals surface area contributed by atoms with E-state index in [1.807, 2.05) is 24.3 Å². The number of carbonyl (C=O) groups excluding carboxylic acids is 2. The fourth-order valence-corrected chi connectivity index (χ4v) is 8.74. The molecule has 380 valence electrons. The average molecular weight is 913 g/mol. The van der Waals surface area contributed by atoms with Gasteiger partial charge in [0, 0.05) is 6.42 Å². The Morgan fingerprint density at radius 2 is 0.831 bits per heavy atom. The van der Waals surface area contributed by atoms with Crippen molar-refractivity contribution in [1.82, 2.24) is 5.32 Å². The highest BCUT2D eigenvalue weighted by Gasteiger charge is 2.24. The molecule has 0 rings (SSSR count). The molecule has 0 aromatic heterocycles. The van der Waals surface area contributed by atoms with Crippen LogP contribution >= 0.6 is 0 Å². The maximum absolute atomic E-state index is 13.2. The molecule has 0 bridgehead atoms. The first-order valence-electron chi connectivity index (χ1n) is 28.4. The standard InChI is InChI=1S/C59H109NO5/c1-4-7-10-13-16-19-22-25-27-29-31-34-37-40-43-46-49-52-59(64)65-55(50-47-44-41-38-35-32-24-21-18-15-12-9-6-3)53-58(63)60-56(54-61)57(62)51-48-45-42-39-36-33-30-28-26-23-20-17-14-11-8-5-2/h9,12,15,18,21,24,32,35,55-57,61-62H,4-8,10-11,13-14,16-17,19-20,22-23,25-31,33-34,36-54H2,1-3H3,(H,60,63)/b12-9+,18-15+,24-21+,35-32-. The maximum Gasteiger partial charge on any atom is 0.306 e. The van der Waals surface area contributed by atoms with Crippen molar-refractivity contribution in [2.45, 2.75) is 309 Å². The summed E-state index contributed by atoms with van der Waals surface area (Å²) in [6, 6.07) is -0.714. The van der Waals surface area contributed by atoms with Gasteiger partial charge < -0.3 is 20.3 Å². The van der Waals surface area contributed by atoms with Gasteiger partial charge in [0.15, 0.2) is 0 Å². The predicted molar refractivity (Wildman–Crippen MR) is 282 cm³/mol. The lowest BCUT2D eigenvalue weighted by atomic mass is 10.0. The number of ether oxygens (including phenoxy) is 1. The summed E-state index contributed by atoms with van der Waals surface area (Å²) in [5.41, 5.74) is 0. The second-order valence-corrected chi connectivity index (χ2v) is 19.4. The van der Waals surface area contributed by atoms with E-state index in [1.165, 1.54) is 173 Å². The van der Waals surface area contributed by atoms with E-state index in [9.17, 15) is 19.8 Å². The zero-order valence-corrected chi connectivity index (χ0v) is 43.4. The first kappa shape index (κ1) is 62.8. The number of rotatable bonds is 51. The Bertz CT molecular complexity index is 1110. The van der Waals surface area contributed by atoms with Gasteiger partial charge in [0.25, 0.3) is 0 Å². The largest absolute Gasteiger partial charge is 0.462 e. The molecule has 0 saturated carbocycles. The van der Waals surface area contributed by atoms with Crippen molar-refractivity contribution in [1.29, 1.82) is 0 Å². The molecule has 0 aromatic carbocycles. The molecule has 0 aliphatic carbocycles. The van der Waals surface area contributed by atoms with E-state index in [4.69, 9.17) is 4.74 Å². The van der Waals surface area contributed by atoms with Crippen molar-refractivity contribution in [3.8, 4) is 0 Å². The van der Waals surface area contributed by atoms with Gasteiger partial charge in [-0.05, 0) is 44.9 Å². The van der Waals surface area contributed by atoms with Gasteiger partial charge in [0.05, 0.1) is 25.2 Å². The van der Waals surface area contributed by atoms with Crippen LogP contribution in [0, 0.1) is 0 Å². The van der Waals surface area contributed by atoms with E-state index >= 15 is 0 Å². The minimum Gasteiger partial charge on any atom is -0.462 e. The molecule has 0 saturated heterocycles. The molecule has 1 amide bonds. The molecule has 0 aromatic rings. The van der Waals surface area contributed by atoms with Crippen molar-refractivity contribution in [3.63, 3.8) is 0 Å². The van der Waals surface area contributed by atoms with E-state index in [1.54, 1.807) is 0 Å². The van der Waals surface area contributed by atoms with Crippen LogP contribution in [0.15, 0.2) is 48.6 Å². The van der Waals surface area contributed by atoms with Crippen LogP contribution in [0.4, 0.5) is 0 Å². The van der Waals surface area contributed by atoms with Gasteiger partial charge in [0.2, 0.25) is 5.91 Å². The smallest absolute Gasteiger partial charge is 0.306 e. The van der Waals surface area contributed by atoms with Crippen LogP contribution < -0.4 is 5.32 Å². The third-order valence-electron chi connectivity index (χ3n) is 13.0. The van der Waals surface area contributed by atoms with Crippen LogP contribution in [0.3, 0.4) is 0 Å². The number of aliphatic hydroxyl groups excluding tert-OH is 2. The fraction of sp³-hybridized carbons (Fsp3) is 0.831. The molecule has 6 heteroatoms. The van der Waals surface area contributed by atoms with Crippen LogP contribution in [0.1, 0.15) is 290 Å². The number of nitrogens with one attached hydrogen (secondary N) is 1. The molecule has 65 heavy (non-hydrogen) atoms. The first-order valence-corrected chi connectivity index (χ1v) is 28.4. The molecule has 0 aliphatic rings. The molecular weight excluding hydrogens is 803 g/mol. The minimum absolute atomic E-state index is 0.0543. The normalized spacial score (nSPS) is 13.5. The van der Waals surface area contributed by atoms with Crippen LogP contribution in [-0.4, -0.2) is 46.9 Å². The second-order valence-electron chi connectivity index (χ2n) is 19.4. The zero-order valence-electron chi connectivity index (χ0n) is 43.4. The highest BCUT2D eigenvalue weighted by atomic mass is 16.5. The molecular formula is C59H109NO5. The molecule has 0 spiro atoms. The molecule has 6 nitrogen and oxygen atoms in total. The fourth-order valence-electron chi connectivity index (χ4n) is 8.74. The van der Waals surface area contributed by atoms with Gasteiger partial charge in [-0.1, -0.05) is 281 Å². The van der Waals surface area contributed by atoms with Crippen molar-refractivity contribution in [2.75, 3.05) is 6.61 Å². The van der Waals surface area contributed by atoms with Crippen LogP contribution in [0.25, 0.3) is 0 Å². The van der Waals surface area contributed by atoms with E-state index in [0.29, 0.717) is 19.3 Å². The molecule has 0 heterocycles. The maximum atomic E-state index is 13.2. The van der Waals surface area contributed by atoms with Gasteiger partial charge in [-0.2, -0.15) is 0 Å². The Morgan fingerprint density at radius 1 is 0.462 bits per heavy atom. The third-order valence-corrected chi connectivity index (χ3v) is 13.0. The number of allylic oxidation sites excluding steroid dienone is 8. The van der Waals surface area contributed by atoms with Crippen molar-refractivity contribution in [3.05, 3.63) is 48.6 Å². The van der Waals surface area contributed by atoms with E-state index in [-0.39, 0.29) is 24.9 Å². The monoisotopic (exact) mass is 912 g/mol. The molecule has 0 aliphatic heterocycles.